The number of tetrazole rings is 1. The molecule has 5 aromatic rings. The Labute approximate surface area is 203 Å². The van der Waals surface area contributed by atoms with Crippen molar-refractivity contribution < 1.29 is 23.0 Å². The third-order valence-electron chi connectivity index (χ3n) is 5.05. The van der Waals surface area contributed by atoms with Crippen LogP contribution in [0, 0.1) is 0 Å². The van der Waals surface area contributed by atoms with Gasteiger partial charge in [-0.3, -0.25) is 4.79 Å². The number of nitrogens with zero attached hydrogens (tertiary/aromatic N) is 5. The third kappa shape index (κ3) is 4.94. The Morgan fingerprint density at radius 2 is 1.67 bits per heavy atom. The van der Waals surface area contributed by atoms with Crippen LogP contribution in [-0.4, -0.2) is 37.0 Å². The number of rotatable bonds is 8. The van der Waals surface area contributed by atoms with Crippen molar-refractivity contribution in [1.82, 2.24) is 25.0 Å². The number of carbonyl (C=O) groups is 1. The molecule has 180 valence electrons. The number of amides is 1. The van der Waals surface area contributed by atoms with Crippen molar-refractivity contribution in [2.24, 2.45) is 0 Å². The van der Waals surface area contributed by atoms with Crippen molar-refractivity contribution in [1.29, 1.82) is 0 Å². The largest absolute Gasteiger partial charge is 0.485 e. The van der Waals surface area contributed by atoms with Gasteiger partial charge >= 0.3 is 12.0 Å². The Balaban J connectivity index is 1.32. The lowest BCUT2D eigenvalue weighted by Crippen LogP contribution is -2.40. The summed E-state index contributed by atoms with van der Waals surface area (Å²) in [5, 5.41) is 13.8. The van der Waals surface area contributed by atoms with E-state index < -0.39 is 12.0 Å². The summed E-state index contributed by atoms with van der Waals surface area (Å²) in [6, 6.07) is 24.8. The van der Waals surface area contributed by atoms with Crippen molar-refractivity contribution in [3.05, 3.63) is 96.7 Å². The second-order valence-corrected chi connectivity index (χ2v) is 7.55. The summed E-state index contributed by atoms with van der Waals surface area (Å²) in [6.45, 7) is -0.00587. The molecule has 0 unspecified atom stereocenters. The molecule has 1 N–H and O–H groups in total. The predicted octanol–water partition coefficient (Wildman–Crippen LogP) is 4.38. The molecule has 11 heteroatoms. The Kier molecular flexibility index (Phi) is 6.18. The number of ether oxygens (including phenoxy) is 2. The number of carbonyl (C=O) groups excluding carboxylic acids is 1. The Morgan fingerprint density at radius 1 is 0.917 bits per heavy atom. The van der Waals surface area contributed by atoms with Gasteiger partial charge in [-0.15, -0.1) is 5.10 Å². The van der Waals surface area contributed by atoms with Gasteiger partial charge in [0.2, 0.25) is 0 Å². The van der Waals surface area contributed by atoms with E-state index >= 15 is 0 Å². The van der Waals surface area contributed by atoms with E-state index in [-0.39, 0.29) is 18.2 Å². The first-order valence-electron chi connectivity index (χ1n) is 10.8. The summed E-state index contributed by atoms with van der Waals surface area (Å²) < 4.78 is 40.6. The van der Waals surface area contributed by atoms with E-state index in [1.165, 1.54) is 30.3 Å². The molecule has 0 radical (unpaired) electrons. The first-order chi connectivity index (χ1) is 17.5. The summed E-state index contributed by atoms with van der Waals surface area (Å²) in [5.41, 5.74) is 2.42. The number of benzene rings is 2. The minimum atomic E-state index is -4.10. The topological polar surface area (TPSA) is 104 Å². The van der Waals surface area contributed by atoms with Gasteiger partial charge in [0.15, 0.2) is 5.65 Å². The average Bonchev–Trinajstić information content (AvgIpc) is 3.37. The predicted molar refractivity (Wildman–Crippen MR) is 125 cm³/mol. The van der Waals surface area contributed by atoms with Gasteiger partial charge in [-0.25, -0.2) is 4.98 Å². The van der Waals surface area contributed by atoms with Gasteiger partial charge in [0, 0.05) is 5.56 Å². The van der Waals surface area contributed by atoms with Crippen LogP contribution in [0.4, 0.5) is 14.6 Å². The number of nitrogens with one attached hydrogen (secondary N) is 1. The lowest BCUT2D eigenvalue weighted by atomic mass is 10.1. The molecule has 5 rings (SSSR count). The first-order valence-corrected chi connectivity index (χ1v) is 10.8. The molecule has 9 nitrogen and oxygen atoms in total. The van der Waals surface area contributed by atoms with Crippen LogP contribution < -0.4 is 14.8 Å². The highest BCUT2D eigenvalue weighted by Crippen LogP contribution is 2.30. The number of hydrogen-bond donors (Lipinski definition) is 1. The van der Waals surface area contributed by atoms with Crippen LogP contribution in [0.15, 0.2) is 91.0 Å². The maximum atomic E-state index is 14.3. The molecule has 0 atom stereocenters. The summed E-state index contributed by atoms with van der Waals surface area (Å²) in [5.74, 6) is -1.37. The molecule has 3 heterocycles. The van der Waals surface area contributed by atoms with E-state index in [4.69, 9.17) is 4.74 Å². The van der Waals surface area contributed by atoms with Crippen molar-refractivity contribution in [3.8, 4) is 22.8 Å². The molecule has 2 aromatic carbocycles. The minimum Gasteiger partial charge on any atom is -0.485 e. The van der Waals surface area contributed by atoms with E-state index in [1.54, 1.807) is 34.8 Å². The molecule has 0 spiro atoms. The molecular weight excluding hydrogens is 470 g/mol. The smallest absolute Gasteiger partial charge is 0.482 e. The fourth-order valence-electron chi connectivity index (χ4n) is 3.42. The molecule has 0 fully saturated rings. The van der Waals surface area contributed by atoms with Gasteiger partial charge in [0.05, 0.1) is 5.69 Å². The minimum absolute atomic E-state index is 0.00587. The molecule has 0 saturated heterocycles. The summed E-state index contributed by atoms with van der Waals surface area (Å²) >= 11 is 0. The number of halogens is 2. The van der Waals surface area contributed by atoms with Crippen LogP contribution in [0.3, 0.4) is 0 Å². The second kappa shape index (κ2) is 9.74. The fraction of sp³-hybridized carbons (Fsp3) is 0.0800. The average molecular weight is 488 g/mol. The number of alkyl halides is 2. The van der Waals surface area contributed by atoms with Crippen molar-refractivity contribution in [3.63, 3.8) is 0 Å². The highest BCUT2D eigenvalue weighted by Gasteiger charge is 2.42. The Bertz CT molecular complexity index is 1500. The van der Waals surface area contributed by atoms with Gasteiger partial charge in [0.1, 0.15) is 29.6 Å². The Morgan fingerprint density at radius 3 is 2.44 bits per heavy atom. The van der Waals surface area contributed by atoms with E-state index in [9.17, 15) is 13.6 Å². The highest BCUT2D eigenvalue weighted by molar-refractivity contribution is 5.94. The van der Waals surface area contributed by atoms with Gasteiger partial charge in [-0.1, -0.05) is 54.6 Å². The first kappa shape index (κ1) is 22.8. The van der Waals surface area contributed by atoms with Gasteiger partial charge in [-0.2, -0.15) is 13.3 Å². The quantitative estimate of drug-likeness (QED) is 0.346. The highest BCUT2D eigenvalue weighted by atomic mass is 19.3. The number of para-hydroxylation sites is 1. The maximum Gasteiger partial charge on any atom is 0.482 e. The van der Waals surface area contributed by atoms with Gasteiger partial charge < -0.3 is 14.8 Å². The fourth-order valence-corrected chi connectivity index (χ4v) is 3.42. The molecule has 0 saturated carbocycles. The molecular formula is C25H18F2N6O3. The SMILES string of the molecule is O=C(Nc1cccc(COc2ccc3nnnn3c2-c2ccccc2)n1)C(F)(F)Oc1ccccc1. The van der Waals surface area contributed by atoms with Gasteiger partial charge in [-0.05, 0) is 46.8 Å². The maximum absolute atomic E-state index is 14.3. The number of anilines is 1. The van der Waals surface area contributed by atoms with Crippen LogP contribution in [0.2, 0.25) is 0 Å². The molecule has 0 aliphatic heterocycles. The van der Waals surface area contributed by atoms with E-state index in [0.717, 1.165) is 5.56 Å². The van der Waals surface area contributed by atoms with Crippen LogP contribution in [0.25, 0.3) is 16.9 Å². The zero-order valence-corrected chi connectivity index (χ0v) is 18.6. The standard InChI is InChI=1S/C25H18F2N6O3/c26-25(27,36-19-11-5-2-6-12-19)24(34)29-21-13-7-10-18(28-21)16-35-20-14-15-22-30-31-32-33(22)23(20)17-8-3-1-4-9-17/h1-15H,16H2,(H,28,29,34). The summed E-state index contributed by atoms with van der Waals surface area (Å²) in [4.78, 5) is 16.4. The second-order valence-electron chi connectivity index (χ2n) is 7.55. The zero-order valence-electron chi connectivity index (χ0n) is 18.6. The van der Waals surface area contributed by atoms with E-state index in [0.29, 0.717) is 22.8 Å². The van der Waals surface area contributed by atoms with Crippen LogP contribution in [0.1, 0.15) is 5.69 Å². The zero-order chi connectivity index (χ0) is 25.0. The Hall–Kier alpha value is -4.93. The number of hydrogen-bond acceptors (Lipinski definition) is 7. The van der Waals surface area contributed by atoms with Crippen molar-refractivity contribution in [2.45, 2.75) is 12.7 Å². The molecule has 36 heavy (non-hydrogen) atoms. The van der Waals surface area contributed by atoms with E-state index in [1.807, 2.05) is 30.3 Å². The monoisotopic (exact) mass is 488 g/mol. The molecule has 0 aliphatic rings. The van der Waals surface area contributed by atoms with Crippen LogP contribution in [0.5, 0.6) is 11.5 Å². The molecule has 1 amide bonds. The lowest BCUT2D eigenvalue weighted by molar-refractivity contribution is -0.187. The lowest BCUT2D eigenvalue weighted by Gasteiger charge is -2.17. The molecule has 3 aromatic heterocycles. The third-order valence-corrected chi connectivity index (χ3v) is 5.05. The summed E-state index contributed by atoms with van der Waals surface area (Å²) in [7, 11) is 0. The van der Waals surface area contributed by atoms with Crippen molar-refractivity contribution >= 4 is 17.4 Å². The number of pyridine rings is 2. The molecule has 0 bridgehead atoms. The molecule has 0 aliphatic carbocycles. The number of aromatic nitrogens is 5. The number of fused-ring (bicyclic) bond motifs is 1. The van der Waals surface area contributed by atoms with E-state index in [2.05, 4.69) is 30.6 Å². The van der Waals surface area contributed by atoms with Crippen LogP contribution >= 0.6 is 0 Å². The van der Waals surface area contributed by atoms with Crippen molar-refractivity contribution in [2.75, 3.05) is 5.32 Å². The normalized spacial score (nSPS) is 11.3. The summed E-state index contributed by atoms with van der Waals surface area (Å²) in [6.07, 6.45) is -4.10. The van der Waals surface area contributed by atoms with Gasteiger partial charge in [0.25, 0.3) is 0 Å². The van der Waals surface area contributed by atoms with Crippen LogP contribution in [-0.2, 0) is 11.4 Å².